The predicted molar refractivity (Wildman–Crippen MR) is 125 cm³/mol. The van der Waals surface area contributed by atoms with E-state index in [1.54, 1.807) is 36.4 Å². The monoisotopic (exact) mass is 449 g/mol. The molecule has 0 spiro atoms. The molecule has 0 aliphatic heterocycles. The summed E-state index contributed by atoms with van der Waals surface area (Å²) in [6.45, 7) is 2.71. The van der Waals surface area contributed by atoms with Gasteiger partial charge >= 0.3 is 0 Å². The number of pyridine rings is 1. The van der Waals surface area contributed by atoms with E-state index in [0.717, 1.165) is 15.9 Å². The molecule has 0 atom stereocenters. The van der Waals surface area contributed by atoms with E-state index in [0.29, 0.717) is 34.6 Å². The zero-order valence-electron chi connectivity index (χ0n) is 18.1. The Morgan fingerprint density at radius 1 is 1.03 bits per heavy atom. The van der Waals surface area contributed by atoms with Crippen molar-refractivity contribution in [3.8, 4) is 17.2 Å². The summed E-state index contributed by atoms with van der Waals surface area (Å²) >= 11 is 1.43. The van der Waals surface area contributed by atoms with Crippen molar-refractivity contribution in [1.29, 1.82) is 0 Å². The van der Waals surface area contributed by atoms with E-state index in [2.05, 4.69) is 4.98 Å². The molecule has 7 nitrogen and oxygen atoms in total. The lowest BCUT2D eigenvalue weighted by Crippen LogP contribution is -2.31. The van der Waals surface area contributed by atoms with Gasteiger partial charge in [0.25, 0.3) is 5.91 Å². The highest BCUT2D eigenvalue weighted by molar-refractivity contribution is 7.22. The van der Waals surface area contributed by atoms with Crippen LogP contribution in [0.1, 0.15) is 23.0 Å². The van der Waals surface area contributed by atoms with Gasteiger partial charge in [0.05, 0.1) is 43.3 Å². The number of hydrogen-bond acceptors (Lipinski definition) is 7. The third-order valence-electron chi connectivity index (χ3n) is 4.83. The molecule has 2 aromatic heterocycles. The van der Waals surface area contributed by atoms with Crippen LogP contribution in [0.25, 0.3) is 10.2 Å². The Balaban J connectivity index is 1.82. The Kier molecular flexibility index (Phi) is 6.51. The molecule has 2 aromatic carbocycles. The van der Waals surface area contributed by atoms with Crippen LogP contribution in [0.5, 0.6) is 17.2 Å². The molecule has 0 aliphatic carbocycles. The Labute approximate surface area is 190 Å². The van der Waals surface area contributed by atoms with Crippen molar-refractivity contribution < 1.29 is 19.0 Å². The molecule has 0 saturated heterocycles. The molecule has 0 N–H and O–H groups in total. The van der Waals surface area contributed by atoms with Crippen molar-refractivity contribution in [3.05, 3.63) is 72.1 Å². The molecule has 2 heterocycles. The summed E-state index contributed by atoms with van der Waals surface area (Å²) in [5.41, 5.74) is 1.85. The van der Waals surface area contributed by atoms with Crippen LogP contribution in [0, 0.1) is 0 Å². The normalized spacial score (nSPS) is 10.7. The second-order valence-corrected chi connectivity index (χ2v) is 7.82. The number of rotatable bonds is 8. The van der Waals surface area contributed by atoms with Crippen molar-refractivity contribution in [3.63, 3.8) is 0 Å². The molecular weight excluding hydrogens is 426 g/mol. The van der Waals surface area contributed by atoms with Crippen LogP contribution in [0.2, 0.25) is 0 Å². The largest absolute Gasteiger partial charge is 0.497 e. The summed E-state index contributed by atoms with van der Waals surface area (Å²) in [5.74, 6) is 1.45. The SMILES string of the molecule is CCOc1cccc2sc(N(Cc3ccccn3)C(=O)c3cc(OC)ccc3OC)nc12. The lowest BCUT2D eigenvalue weighted by atomic mass is 10.1. The molecule has 0 radical (unpaired) electrons. The van der Waals surface area contributed by atoms with Crippen LogP contribution in [-0.2, 0) is 6.54 Å². The number of fused-ring (bicyclic) bond motifs is 1. The highest BCUT2D eigenvalue weighted by atomic mass is 32.1. The van der Waals surface area contributed by atoms with Crippen LogP contribution >= 0.6 is 11.3 Å². The van der Waals surface area contributed by atoms with E-state index in [4.69, 9.17) is 19.2 Å². The minimum atomic E-state index is -0.261. The molecule has 8 heteroatoms. The number of nitrogens with zero attached hydrogens (tertiary/aromatic N) is 3. The molecule has 4 rings (SSSR count). The minimum absolute atomic E-state index is 0.254. The Morgan fingerprint density at radius 2 is 1.91 bits per heavy atom. The first-order valence-corrected chi connectivity index (χ1v) is 10.9. The third-order valence-corrected chi connectivity index (χ3v) is 5.87. The fourth-order valence-corrected chi connectivity index (χ4v) is 4.29. The quantitative estimate of drug-likeness (QED) is 0.379. The number of carbonyl (C=O) groups excluding carboxylic acids is 1. The molecule has 32 heavy (non-hydrogen) atoms. The molecule has 1 amide bonds. The summed E-state index contributed by atoms with van der Waals surface area (Å²) in [5, 5.41) is 0.549. The van der Waals surface area contributed by atoms with E-state index < -0.39 is 0 Å². The zero-order valence-corrected chi connectivity index (χ0v) is 18.9. The number of para-hydroxylation sites is 1. The van der Waals surface area contributed by atoms with Crippen LogP contribution < -0.4 is 19.1 Å². The molecule has 0 saturated carbocycles. The molecule has 0 unspecified atom stereocenters. The van der Waals surface area contributed by atoms with Crippen molar-refractivity contribution in [2.75, 3.05) is 25.7 Å². The second kappa shape index (κ2) is 9.65. The van der Waals surface area contributed by atoms with E-state index in [9.17, 15) is 4.79 Å². The van der Waals surface area contributed by atoms with E-state index in [1.165, 1.54) is 18.4 Å². The second-order valence-electron chi connectivity index (χ2n) is 6.81. The maximum absolute atomic E-state index is 13.8. The van der Waals surface area contributed by atoms with Crippen LogP contribution in [0.4, 0.5) is 5.13 Å². The lowest BCUT2D eigenvalue weighted by molar-refractivity contribution is 0.0981. The van der Waals surface area contributed by atoms with Gasteiger partial charge in [0.15, 0.2) is 5.13 Å². The number of methoxy groups -OCH3 is 2. The van der Waals surface area contributed by atoms with E-state index in [1.807, 2.05) is 43.3 Å². The van der Waals surface area contributed by atoms with Crippen LogP contribution in [-0.4, -0.2) is 36.7 Å². The van der Waals surface area contributed by atoms with Gasteiger partial charge in [-0.3, -0.25) is 14.7 Å². The van der Waals surface area contributed by atoms with Crippen molar-refractivity contribution in [1.82, 2.24) is 9.97 Å². The Hall–Kier alpha value is -3.65. The molecule has 0 aliphatic rings. The van der Waals surface area contributed by atoms with Crippen molar-refractivity contribution >= 4 is 32.6 Å². The van der Waals surface area contributed by atoms with Gasteiger partial charge in [-0.25, -0.2) is 4.98 Å². The van der Waals surface area contributed by atoms with E-state index >= 15 is 0 Å². The molecule has 4 aromatic rings. The molecule has 0 bridgehead atoms. The van der Waals surface area contributed by atoms with Gasteiger partial charge < -0.3 is 14.2 Å². The smallest absolute Gasteiger partial charge is 0.264 e. The Bertz CT molecular complexity index is 1230. The number of anilines is 1. The summed E-state index contributed by atoms with van der Waals surface area (Å²) in [4.78, 5) is 24.6. The maximum Gasteiger partial charge on any atom is 0.264 e. The third kappa shape index (κ3) is 4.36. The zero-order chi connectivity index (χ0) is 22.5. The minimum Gasteiger partial charge on any atom is -0.497 e. The topological polar surface area (TPSA) is 73.8 Å². The summed E-state index contributed by atoms with van der Waals surface area (Å²) in [6.07, 6.45) is 1.70. The van der Waals surface area contributed by atoms with Crippen LogP contribution in [0.3, 0.4) is 0 Å². The first-order chi connectivity index (χ1) is 15.6. The molecule has 0 fully saturated rings. The average molecular weight is 450 g/mol. The highest BCUT2D eigenvalue weighted by Gasteiger charge is 2.26. The lowest BCUT2D eigenvalue weighted by Gasteiger charge is -2.21. The molecule has 164 valence electrons. The van der Waals surface area contributed by atoms with Crippen molar-refractivity contribution in [2.24, 2.45) is 0 Å². The number of hydrogen-bond donors (Lipinski definition) is 0. The van der Waals surface area contributed by atoms with Gasteiger partial charge in [0.1, 0.15) is 22.8 Å². The first-order valence-electron chi connectivity index (χ1n) is 10.1. The number of aromatic nitrogens is 2. The summed E-state index contributed by atoms with van der Waals surface area (Å²) in [7, 11) is 3.10. The van der Waals surface area contributed by atoms with Crippen LogP contribution in [0.15, 0.2) is 60.8 Å². The fourth-order valence-electron chi connectivity index (χ4n) is 3.31. The highest BCUT2D eigenvalue weighted by Crippen LogP contribution is 2.36. The van der Waals surface area contributed by atoms with Gasteiger partial charge in [-0.2, -0.15) is 0 Å². The average Bonchev–Trinajstić information content (AvgIpc) is 3.27. The summed E-state index contributed by atoms with van der Waals surface area (Å²) in [6, 6.07) is 16.5. The number of benzene rings is 2. The van der Waals surface area contributed by atoms with E-state index in [-0.39, 0.29) is 12.5 Å². The van der Waals surface area contributed by atoms with Crippen molar-refractivity contribution in [2.45, 2.75) is 13.5 Å². The molecular formula is C24H23N3O4S. The number of thiazole rings is 1. The summed E-state index contributed by atoms with van der Waals surface area (Å²) < 4.78 is 17.5. The van der Waals surface area contributed by atoms with Gasteiger partial charge in [-0.05, 0) is 49.4 Å². The number of amides is 1. The fraction of sp³-hybridized carbons (Fsp3) is 0.208. The Morgan fingerprint density at radius 3 is 2.62 bits per heavy atom. The van der Waals surface area contributed by atoms with Gasteiger partial charge in [-0.1, -0.05) is 23.5 Å². The standard InChI is InChI=1S/C24H23N3O4S/c1-4-31-20-9-7-10-21-22(20)26-24(32-21)27(15-16-8-5-6-13-25-16)23(28)18-14-17(29-2)11-12-19(18)30-3/h5-14H,4,15H2,1-3H3. The number of ether oxygens (including phenoxy) is 3. The maximum atomic E-state index is 13.8. The van der Waals surface area contributed by atoms with Gasteiger partial charge in [0, 0.05) is 6.20 Å². The predicted octanol–water partition coefficient (Wildman–Crippen LogP) is 4.95. The first kappa shape index (κ1) is 21.6. The number of carbonyl (C=O) groups is 1. The van der Waals surface area contributed by atoms with Gasteiger partial charge in [-0.15, -0.1) is 0 Å². The van der Waals surface area contributed by atoms with Gasteiger partial charge in [0.2, 0.25) is 0 Å².